The second-order valence-corrected chi connectivity index (χ2v) is 6.34. The number of benzene rings is 1. The topological polar surface area (TPSA) is 78.8 Å². The van der Waals surface area contributed by atoms with Gasteiger partial charge >= 0.3 is 0 Å². The average molecular weight is 313 g/mol. The normalized spacial score (nSPS) is 15.9. The molecule has 2 aromatic rings. The van der Waals surface area contributed by atoms with Crippen molar-refractivity contribution in [3.63, 3.8) is 0 Å². The van der Waals surface area contributed by atoms with Crippen LogP contribution in [0.5, 0.6) is 0 Å². The summed E-state index contributed by atoms with van der Waals surface area (Å²) in [6.45, 7) is 3.59. The minimum Gasteiger partial charge on any atom is -0.379 e. The lowest BCUT2D eigenvalue weighted by Gasteiger charge is -2.38. The molecule has 0 radical (unpaired) electrons. The largest absolute Gasteiger partial charge is 0.379 e. The van der Waals surface area contributed by atoms with Crippen LogP contribution in [0.25, 0.3) is 11.3 Å². The summed E-state index contributed by atoms with van der Waals surface area (Å²) in [6, 6.07) is 9.79. The molecule has 2 heterocycles. The summed E-state index contributed by atoms with van der Waals surface area (Å²) in [7, 11) is 0. The fourth-order valence-corrected chi connectivity index (χ4v) is 2.84. The van der Waals surface area contributed by atoms with E-state index in [2.05, 4.69) is 16.9 Å². The Bertz CT molecular complexity index is 802. The van der Waals surface area contributed by atoms with E-state index in [1.54, 1.807) is 0 Å². The summed E-state index contributed by atoms with van der Waals surface area (Å²) in [6.07, 6.45) is 1.83. The molecule has 112 valence electrons. The van der Waals surface area contributed by atoms with E-state index in [9.17, 15) is 10.1 Å². The van der Waals surface area contributed by atoms with Gasteiger partial charge in [-0.25, -0.2) is 4.98 Å². The monoisotopic (exact) mass is 313 g/mol. The van der Waals surface area contributed by atoms with E-state index in [-0.39, 0.29) is 11.0 Å². The highest BCUT2D eigenvalue weighted by atomic mass is 32.2. The number of rotatable bonds is 3. The predicted molar refractivity (Wildman–Crippen MR) is 85.0 cm³/mol. The SMILES string of the molecule is CSc1nc(-c2ccc(C3(C)COC3)cc2)c(C#N)c(=O)[nH]1. The Morgan fingerprint density at radius 2 is 2.05 bits per heavy atom. The number of ether oxygens (including phenoxy) is 1. The van der Waals surface area contributed by atoms with E-state index in [1.807, 2.05) is 36.6 Å². The number of thioether (sulfide) groups is 1. The van der Waals surface area contributed by atoms with Crippen LogP contribution in [-0.2, 0) is 10.2 Å². The Morgan fingerprint density at radius 1 is 1.36 bits per heavy atom. The molecular weight excluding hydrogens is 298 g/mol. The molecule has 1 aliphatic rings. The van der Waals surface area contributed by atoms with Crippen LogP contribution in [0.2, 0.25) is 0 Å². The smallest absolute Gasteiger partial charge is 0.270 e. The number of aromatic nitrogens is 2. The van der Waals surface area contributed by atoms with E-state index < -0.39 is 5.56 Å². The van der Waals surface area contributed by atoms with Gasteiger partial charge in [-0.3, -0.25) is 4.79 Å². The molecule has 1 aliphatic heterocycles. The standard InChI is InChI=1S/C16H15N3O2S/c1-16(8-21-9-16)11-5-3-10(4-6-11)13-12(7-17)14(20)19-15(18-13)22-2/h3-6H,8-9H2,1-2H3,(H,18,19,20). The van der Waals surface area contributed by atoms with Gasteiger partial charge in [0.05, 0.1) is 18.9 Å². The molecule has 6 heteroatoms. The molecule has 1 aromatic heterocycles. The van der Waals surface area contributed by atoms with Crippen LogP contribution in [0.1, 0.15) is 18.1 Å². The predicted octanol–water partition coefficient (Wildman–Crippen LogP) is 2.32. The highest BCUT2D eigenvalue weighted by Gasteiger charge is 2.35. The number of H-pyrrole nitrogens is 1. The van der Waals surface area contributed by atoms with Crippen molar-refractivity contribution in [1.29, 1.82) is 5.26 Å². The van der Waals surface area contributed by atoms with Crippen molar-refractivity contribution in [3.8, 4) is 17.3 Å². The number of hydrogen-bond acceptors (Lipinski definition) is 5. The van der Waals surface area contributed by atoms with E-state index in [4.69, 9.17) is 4.74 Å². The highest BCUT2D eigenvalue weighted by Crippen LogP contribution is 2.33. The molecule has 5 nitrogen and oxygen atoms in total. The van der Waals surface area contributed by atoms with Gasteiger partial charge in [-0.15, -0.1) is 0 Å². The maximum absolute atomic E-state index is 12.0. The Hall–Kier alpha value is -2.10. The van der Waals surface area contributed by atoms with Crippen LogP contribution >= 0.6 is 11.8 Å². The molecule has 1 aromatic carbocycles. The molecule has 1 saturated heterocycles. The molecule has 3 rings (SSSR count). The average Bonchev–Trinajstić information content (AvgIpc) is 2.52. The van der Waals surface area contributed by atoms with E-state index >= 15 is 0 Å². The number of nitrogens with one attached hydrogen (secondary N) is 1. The van der Waals surface area contributed by atoms with Gasteiger partial charge in [-0.05, 0) is 11.8 Å². The Morgan fingerprint density at radius 3 is 2.55 bits per heavy atom. The molecule has 0 spiro atoms. The summed E-state index contributed by atoms with van der Waals surface area (Å²) < 4.78 is 5.29. The molecule has 1 fully saturated rings. The molecule has 22 heavy (non-hydrogen) atoms. The van der Waals surface area contributed by atoms with Gasteiger partial charge in [0.1, 0.15) is 11.6 Å². The molecule has 0 aliphatic carbocycles. The molecule has 0 atom stereocenters. The van der Waals surface area contributed by atoms with Gasteiger partial charge in [-0.2, -0.15) is 5.26 Å². The third kappa shape index (κ3) is 2.43. The van der Waals surface area contributed by atoms with Crippen molar-refractivity contribution >= 4 is 11.8 Å². The summed E-state index contributed by atoms with van der Waals surface area (Å²) in [5, 5.41) is 9.72. The molecule has 1 N–H and O–H groups in total. The van der Waals surface area contributed by atoms with Gasteiger partial charge in [0, 0.05) is 11.0 Å². The van der Waals surface area contributed by atoms with Crippen molar-refractivity contribution in [2.45, 2.75) is 17.5 Å². The zero-order valence-electron chi connectivity index (χ0n) is 12.3. The summed E-state index contributed by atoms with van der Waals surface area (Å²) in [5.74, 6) is 0. The number of nitriles is 1. The van der Waals surface area contributed by atoms with Crippen LogP contribution < -0.4 is 5.56 Å². The molecule has 0 saturated carbocycles. The zero-order valence-corrected chi connectivity index (χ0v) is 13.2. The second-order valence-electron chi connectivity index (χ2n) is 5.54. The first-order chi connectivity index (χ1) is 10.6. The lowest BCUT2D eigenvalue weighted by atomic mass is 9.80. The quantitative estimate of drug-likeness (QED) is 0.695. The van der Waals surface area contributed by atoms with E-state index in [1.165, 1.54) is 17.3 Å². The Kier molecular flexibility index (Phi) is 3.77. The summed E-state index contributed by atoms with van der Waals surface area (Å²) in [4.78, 5) is 18.9. The second kappa shape index (κ2) is 5.59. The van der Waals surface area contributed by atoms with Gasteiger partial charge in [-0.1, -0.05) is 43.0 Å². The van der Waals surface area contributed by atoms with Crippen LogP contribution in [-0.4, -0.2) is 29.4 Å². The van der Waals surface area contributed by atoms with Crippen molar-refractivity contribution in [1.82, 2.24) is 9.97 Å². The van der Waals surface area contributed by atoms with Crippen LogP contribution in [0, 0.1) is 11.3 Å². The lowest BCUT2D eigenvalue weighted by molar-refractivity contribution is -0.0500. The number of nitrogens with zero attached hydrogens (tertiary/aromatic N) is 2. The summed E-state index contributed by atoms with van der Waals surface area (Å²) in [5.41, 5.74) is 2.09. The summed E-state index contributed by atoms with van der Waals surface area (Å²) >= 11 is 1.34. The highest BCUT2D eigenvalue weighted by molar-refractivity contribution is 7.98. The van der Waals surface area contributed by atoms with Crippen LogP contribution in [0.3, 0.4) is 0 Å². The maximum atomic E-state index is 12.0. The van der Waals surface area contributed by atoms with Crippen LogP contribution in [0.4, 0.5) is 0 Å². The van der Waals surface area contributed by atoms with Gasteiger partial charge in [0.15, 0.2) is 5.16 Å². The Labute approximate surface area is 132 Å². The first-order valence-electron chi connectivity index (χ1n) is 6.84. The lowest BCUT2D eigenvalue weighted by Crippen LogP contribution is -2.43. The van der Waals surface area contributed by atoms with Crippen molar-refractivity contribution in [2.75, 3.05) is 19.5 Å². The van der Waals surface area contributed by atoms with Crippen molar-refractivity contribution in [2.24, 2.45) is 0 Å². The van der Waals surface area contributed by atoms with Crippen LogP contribution in [0.15, 0.2) is 34.2 Å². The van der Waals surface area contributed by atoms with E-state index in [0.29, 0.717) is 10.9 Å². The Balaban J connectivity index is 2.06. The minimum atomic E-state index is -0.403. The number of hydrogen-bond donors (Lipinski definition) is 1. The molecular formula is C16H15N3O2S. The minimum absolute atomic E-state index is 0.0451. The number of aromatic amines is 1. The molecule has 0 amide bonds. The third-order valence-corrected chi connectivity index (χ3v) is 4.48. The van der Waals surface area contributed by atoms with E-state index in [0.717, 1.165) is 18.8 Å². The fraction of sp³-hybridized carbons (Fsp3) is 0.312. The van der Waals surface area contributed by atoms with Gasteiger partial charge in [0.25, 0.3) is 5.56 Å². The first kappa shape index (κ1) is 14.8. The van der Waals surface area contributed by atoms with Crippen molar-refractivity contribution < 1.29 is 4.74 Å². The third-order valence-electron chi connectivity index (χ3n) is 3.90. The fourth-order valence-electron chi connectivity index (χ4n) is 2.47. The maximum Gasteiger partial charge on any atom is 0.270 e. The van der Waals surface area contributed by atoms with Gasteiger partial charge in [0.2, 0.25) is 0 Å². The van der Waals surface area contributed by atoms with Crippen molar-refractivity contribution in [3.05, 3.63) is 45.7 Å². The first-order valence-corrected chi connectivity index (χ1v) is 8.07. The molecule has 0 bridgehead atoms. The zero-order chi connectivity index (χ0) is 15.7. The van der Waals surface area contributed by atoms with Gasteiger partial charge < -0.3 is 9.72 Å². The molecule has 0 unspecified atom stereocenters.